The molecule has 102 valence electrons. The number of amides is 2. The molecule has 1 heterocycles. The quantitative estimate of drug-likeness (QED) is 0.767. The molecule has 0 radical (unpaired) electrons. The highest BCUT2D eigenvalue weighted by Crippen LogP contribution is 2.30. The van der Waals surface area contributed by atoms with Crippen LogP contribution < -0.4 is 5.32 Å². The molecule has 0 spiro atoms. The van der Waals surface area contributed by atoms with Crippen molar-refractivity contribution in [2.75, 3.05) is 13.1 Å². The number of aliphatic hydroxyl groups is 1. The van der Waals surface area contributed by atoms with Crippen LogP contribution in [-0.4, -0.2) is 46.6 Å². The van der Waals surface area contributed by atoms with Crippen LogP contribution in [0.2, 0.25) is 0 Å². The van der Waals surface area contributed by atoms with Crippen molar-refractivity contribution in [3.05, 3.63) is 0 Å². The van der Waals surface area contributed by atoms with Crippen LogP contribution in [0.15, 0.2) is 0 Å². The van der Waals surface area contributed by atoms with E-state index in [0.29, 0.717) is 13.1 Å². The molecule has 0 aromatic heterocycles. The lowest BCUT2D eigenvalue weighted by molar-refractivity contribution is -0.137. The lowest BCUT2D eigenvalue weighted by atomic mass is 9.82. The summed E-state index contributed by atoms with van der Waals surface area (Å²) in [7, 11) is 0. The van der Waals surface area contributed by atoms with Gasteiger partial charge in [-0.05, 0) is 12.8 Å². The number of likely N-dealkylation sites (tertiary alicyclic amines) is 1. The molecule has 0 atom stereocenters. The maximum atomic E-state index is 11.8. The van der Waals surface area contributed by atoms with Gasteiger partial charge in [0, 0.05) is 20.0 Å². The molecule has 2 aliphatic rings. The van der Waals surface area contributed by atoms with Crippen molar-refractivity contribution in [1.29, 1.82) is 0 Å². The normalized spacial score (nSPS) is 23.3. The lowest BCUT2D eigenvalue weighted by Crippen LogP contribution is -2.61. The summed E-state index contributed by atoms with van der Waals surface area (Å²) < 4.78 is 0. The van der Waals surface area contributed by atoms with Gasteiger partial charge < -0.3 is 15.3 Å². The molecular weight excluding hydrogens is 232 g/mol. The number of carbonyl (C=O) groups is 2. The minimum Gasteiger partial charge on any atom is -0.389 e. The summed E-state index contributed by atoms with van der Waals surface area (Å²) in [5.74, 6) is -0.0426. The molecule has 2 amide bonds. The van der Waals surface area contributed by atoms with E-state index >= 15 is 0 Å². The van der Waals surface area contributed by atoms with Crippen molar-refractivity contribution in [2.24, 2.45) is 0 Å². The van der Waals surface area contributed by atoms with Gasteiger partial charge in [0.15, 0.2) is 0 Å². The second kappa shape index (κ2) is 5.26. The summed E-state index contributed by atoms with van der Waals surface area (Å²) in [5, 5.41) is 13.1. The number of hydrogen-bond donors (Lipinski definition) is 2. The molecular formula is C13H22N2O3. The van der Waals surface area contributed by atoms with Crippen LogP contribution in [0, 0.1) is 0 Å². The zero-order valence-corrected chi connectivity index (χ0v) is 10.9. The highest BCUT2D eigenvalue weighted by molar-refractivity contribution is 5.78. The highest BCUT2D eigenvalue weighted by atomic mass is 16.3. The van der Waals surface area contributed by atoms with Gasteiger partial charge in [0.2, 0.25) is 11.8 Å². The SMILES string of the molecule is CC(=O)N1CC(NC(=O)CC2(O)CCCCC2)C1. The van der Waals surface area contributed by atoms with E-state index in [1.54, 1.807) is 4.90 Å². The lowest BCUT2D eigenvalue weighted by Gasteiger charge is -2.39. The first kappa shape index (κ1) is 13.3. The van der Waals surface area contributed by atoms with E-state index in [-0.39, 0.29) is 24.3 Å². The fourth-order valence-electron chi connectivity index (χ4n) is 2.79. The zero-order chi connectivity index (χ0) is 13.2. The van der Waals surface area contributed by atoms with Gasteiger partial charge in [-0.3, -0.25) is 9.59 Å². The Morgan fingerprint density at radius 3 is 2.44 bits per heavy atom. The number of rotatable bonds is 3. The van der Waals surface area contributed by atoms with E-state index in [1.165, 1.54) is 6.92 Å². The van der Waals surface area contributed by atoms with Gasteiger partial charge in [-0.2, -0.15) is 0 Å². The molecule has 0 aromatic carbocycles. The van der Waals surface area contributed by atoms with Crippen molar-refractivity contribution >= 4 is 11.8 Å². The third kappa shape index (κ3) is 3.22. The predicted octanol–water partition coefficient (Wildman–Crippen LogP) is 0.419. The topological polar surface area (TPSA) is 69.6 Å². The van der Waals surface area contributed by atoms with Crippen LogP contribution in [0.25, 0.3) is 0 Å². The Bertz CT molecular complexity index is 331. The van der Waals surface area contributed by atoms with Crippen LogP contribution in [0.3, 0.4) is 0 Å². The molecule has 1 saturated heterocycles. The second-order valence-electron chi connectivity index (χ2n) is 5.65. The van der Waals surface area contributed by atoms with Crippen LogP contribution in [-0.2, 0) is 9.59 Å². The summed E-state index contributed by atoms with van der Waals surface area (Å²) in [4.78, 5) is 24.5. The Balaban J connectivity index is 1.71. The zero-order valence-electron chi connectivity index (χ0n) is 10.9. The molecule has 0 aromatic rings. The maximum absolute atomic E-state index is 11.8. The van der Waals surface area contributed by atoms with Crippen molar-refractivity contribution in [3.63, 3.8) is 0 Å². The van der Waals surface area contributed by atoms with E-state index < -0.39 is 5.60 Å². The molecule has 2 fully saturated rings. The van der Waals surface area contributed by atoms with Crippen LogP contribution >= 0.6 is 0 Å². The third-order valence-corrected chi connectivity index (χ3v) is 3.97. The van der Waals surface area contributed by atoms with Gasteiger partial charge in [-0.25, -0.2) is 0 Å². The van der Waals surface area contributed by atoms with E-state index in [1.807, 2.05) is 0 Å². The van der Waals surface area contributed by atoms with Crippen LogP contribution in [0.4, 0.5) is 0 Å². The summed E-state index contributed by atoms with van der Waals surface area (Å²) in [6, 6.07) is 0.0635. The van der Waals surface area contributed by atoms with Gasteiger partial charge in [-0.15, -0.1) is 0 Å². The number of carbonyl (C=O) groups excluding carboxylic acids is 2. The van der Waals surface area contributed by atoms with Crippen LogP contribution in [0.5, 0.6) is 0 Å². The summed E-state index contributed by atoms with van der Waals surface area (Å²) in [6.07, 6.45) is 4.82. The first-order valence-corrected chi connectivity index (χ1v) is 6.76. The van der Waals surface area contributed by atoms with E-state index in [2.05, 4.69) is 5.32 Å². The summed E-state index contributed by atoms with van der Waals surface area (Å²) in [5.41, 5.74) is -0.799. The fourth-order valence-corrected chi connectivity index (χ4v) is 2.79. The molecule has 0 unspecified atom stereocenters. The molecule has 2 N–H and O–H groups in total. The Hall–Kier alpha value is -1.10. The Labute approximate surface area is 108 Å². The molecule has 5 nitrogen and oxygen atoms in total. The molecule has 1 saturated carbocycles. The van der Waals surface area contributed by atoms with Gasteiger partial charge in [0.25, 0.3) is 0 Å². The monoisotopic (exact) mass is 254 g/mol. The van der Waals surface area contributed by atoms with Gasteiger partial charge in [0.05, 0.1) is 18.1 Å². The van der Waals surface area contributed by atoms with Crippen molar-refractivity contribution in [1.82, 2.24) is 10.2 Å². The Morgan fingerprint density at radius 1 is 1.28 bits per heavy atom. The average Bonchev–Trinajstić information content (AvgIpc) is 2.22. The first-order chi connectivity index (χ1) is 8.48. The minimum absolute atomic E-state index is 0.0476. The number of nitrogens with one attached hydrogen (secondary N) is 1. The van der Waals surface area contributed by atoms with E-state index in [4.69, 9.17) is 0 Å². The van der Waals surface area contributed by atoms with E-state index in [9.17, 15) is 14.7 Å². The summed E-state index contributed by atoms with van der Waals surface area (Å²) >= 11 is 0. The molecule has 5 heteroatoms. The summed E-state index contributed by atoms with van der Waals surface area (Å²) in [6.45, 7) is 2.72. The largest absolute Gasteiger partial charge is 0.389 e. The third-order valence-electron chi connectivity index (χ3n) is 3.97. The minimum atomic E-state index is -0.799. The molecule has 1 aliphatic carbocycles. The maximum Gasteiger partial charge on any atom is 0.223 e. The van der Waals surface area contributed by atoms with Gasteiger partial charge >= 0.3 is 0 Å². The van der Waals surface area contributed by atoms with E-state index in [0.717, 1.165) is 32.1 Å². The van der Waals surface area contributed by atoms with Crippen LogP contribution in [0.1, 0.15) is 45.4 Å². The fraction of sp³-hybridized carbons (Fsp3) is 0.846. The number of nitrogens with zero attached hydrogens (tertiary/aromatic N) is 1. The Morgan fingerprint density at radius 2 is 1.89 bits per heavy atom. The second-order valence-corrected chi connectivity index (χ2v) is 5.65. The molecule has 0 bridgehead atoms. The van der Waals surface area contributed by atoms with Crippen molar-refractivity contribution < 1.29 is 14.7 Å². The smallest absolute Gasteiger partial charge is 0.223 e. The first-order valence-electron chi connectivity index (χ1n) is 6.76. The van der Waals surface area contributed by atoms with Crippen molar-refractivity contribution in [2.45, 2.75) is 57.1 Å². The number of hydrogen-bond acceptors (Lipinski definition) is 3. The Kier molecular flexibility index (Phi) is 3.90. The standard InChI is InChI=1S/C13H22N2O3/c1-10(16)15-8-11(9-15)14-12(17)7-13(18)5-3-2-4-6-13/h11,18H,2-9H2,1H3,(H,14,17). The highest BCUT2D eigenvalue weighted by Gasteiger charge is 2.34. The molecule has 1 aliphatic heterocycles. The molecule has 2 rings (SSSR count). The molecule has 18 heavy (non-hydrogen) atoms. The average molecular weight is 254 g/mol. The van der Waals surface area contributed by atoms with Gasteiger partial charge in [0.1, 0.15) is 0 Å². The van der Waals surface area contributed by atoms with Crippen molar-refractivity contribution in [3.8, 4) is 0 Å². The van der Waals surface area contributed by atoms with Gasteiger partial charge in [-0.1, -0.05) is 19.3 Å². The predicted molar refractivity (Wildman–Crippen MR) is 66.8 cm³/mol.